The molecule has 0 saturated carbocycles. The zero-order valence-corrected chi connectivity index (χ0v) is 13.6. The molecule has 2 aromatic carbocycles. The lowest BCUT2D eigenvalue weighted by atomic mass is 10.1. The van der Waals surface area contributed by atoms with E-state index in [1.807, 2.05) is 56.3 Å². The van der Waals surface area contributed by atoms with E-state index in [-0.39, 0.29) is 11.9 Å². The number of halogens is 2. The van der Waals surface area contributed by atoms with Gasteiger partial charge in [-0.15, -0.1) is 0 Å². The first-order valence-corrected chi connectivity index (χ1v) is 7.47. The van der Waals surface area contributed by atoms with Gasteiger partial charge in [-0.05, 0) is 49.2 Å². The number of aryl methyl sites for hydroxylation is 1. The highest BCUT2D eigenvalue weighted by molar-refractivity contribution is 9.10. The van der Waals surface area contributed by atoms with Gasteiger partial charge in [0.1, 0.15) is 0 Å². The Bertz CT molecular complexity index is 642. The minimum absolute atomic E-state index is 0.0868. The van der Waals surface area contributed by atoms with Crippen LogP contribution in [0.1, 0.15) is 34.5 Å². The molecular formula is C16H15BrClNO. The van der Waals surface area contributed by atoms with E-state index in [2.05, 4.69) is 21.2 Å². The summed E-state index contributed by atoms with van der Waals surface area (Å²) in [5, 5.41) is 3.66. The molecule has 2 rings (SSSR count). The van der Waals surface area contributed by atoms with Crippen molar-refractivity contribution in [3.63, 3.8) is 0 Å². The van der Waals surface area contributed by atoms with E-state index in [1.165, 1.54) is 0 Å². The summed E-state index contributed by atoms with van der Waals surface area (Å²) in [5.74, 6) is -0.0868. The summed E-state index contributed by atoms with van der Waals surface area (Å²) in [7, 11) is 0. The summed E-state index contributed by atoms with van der Waals surface area (Å²) in [4.78, 5) is 12.3. The molecule has 0 aliphatic heterocycles. The van der Waals surface area contributed by atoms with E-state index in [4.69, 9.17) is 11.6 Å². The second-order valence-corrected chi connectivity index (χ2v) is 6.06. The number of carbonyl (C=O) groups is 1. The third-order valence-corrected chi connectivity index (χ3v) is 3.87. The van der Waals surface area contributed by atoms with Gasteiger partial charge in [-0.1, -0.05) is 45.7 Å². The fraction of sp³-hybridized carbons (Fsp3) is 0.188. The number of hydrogen-bond acceptors (Lipinski definition) is 1. The highest BCUT2D eigenvalue weighted by Gasteiger charge is 2.13. The summed E-state index contributed by atoms with van der Waals surface area (Å²) in [5.41, 5.74) is 2.61. The molecule has 0 aromatic heterocycles. The Balaban J connectivity index is 2.17. The first-order chi connectivity index (χ1) is 9.47. The van der Waals surface area contributed by atoms with E-state index in [1.54, 1.807) is 0 Å². The number of hydrogen-bond donors (Lipinski definition) is 1. The van der Waals surface area contributed by atoms with Crippen molar-refractivity contribution in [1.82, 2.24) is 5.32 Å². The fourth-order valence-corrected chi connectivity index (χ4v) is 2.53. The number of amides is 1. The van der Waals surface area contributed by atoms with Crippen LogP contribution in [0.15, 0.2) is 46.9 Å². The maximum Gasteiger partial charge on any atom is 0.252 e. The van der Waals surface area contributed by atoms with Crippen LogP contribution in [0.25, 0.3) is 0 Å². The third-order valence-electron chi connectivity index (χ3n) is 3.14. The average Bonchev–Trinajstić information content (AvgIpc) is 2.41. The van der Waals surface area contributed by atoms with Crippen molar-refractivity contribution < 1.29 is 4.79 Å². The molecule has 0 fully saturated rings. The van der Waals surface area contributed by atoms with Gasteiger partial charge in [0.2, 0.25) is 0 Å². The van der Waals surface area contributed by atoms with Crippen LogP contribution in [-0.4, -0.2) is 5.91 Å². The van der Waals surface area contributed by atoms with Crippen LogP contribution in [0.4, 0.5) is 0 Å². The monoisotopic (exact) mass is 351 g/mol. The van der Waals surface area contributed by atoms with Gasteiger partial charge in [0.05, 0.1) is 6.04 Å². The Morgan fingerprint density at radius 2 is 2.00 bits per heavy atom. The largest absolute Gasteiger partial charge is 0.346 e. The molecule has 0 radical (unpaired) electrons. The minimum atomic E-state index is -0.0976. The van der Waals surface area contributed by atoms with Crippen LogP contribution >= 0.6 is 27.5 Å². The second kappa shape index (κ2) is 6.42. The van der Waals surface area contributed by atoms with Gasteiger partial charge in [-0.2, -0.15) is 0 Å². The van der Waals surface area contributed by atoms with Crippen LogP contribution in [0.3, 0.4) is 0 Å². The summed E-state index contributed by atoms with van der Waals surface area (Å²) in [6.07, 6.45) is 0. The normalized spacial score (nSPS) is 12.0. The molecule has 0 bridgehead atoms. The van der Waals surface area contributed by atoms with Crippen molar-refractivity contribution in [3.8, 4) is 0 Å². The van der Waals surface area contributed by atoms with E-state index in [0.29, 0.717) is 10.6 Å². The number of rotatable bonds is 3. The highest BCUT2D eigenvalue weighted by atomic mass is 79.9. The zero-order valence-electron chi connectivity index (χ0n) is 11.3. The van der Waals surface area contributed by atoms with E-state index >= 15 is 0 Å². The fourth-order valence-electron chi connectivity index (χ4n) is 1.97. The van der Waals surface area contributed by atoms with Gasteiger partial charge in [-0.3, -0.25) is 4.79 Å². The van der Waals surface area contributed by atoms with Gasteiger partial charge in [0.15, 0.2) is 0 Å². The van der Waals surface area contributed by atoms with Gasteiger partial charge in [-0.25, -0.2) is 0 Å². The van der Waals surface area contributed by atoms with Gasteiger partial charge >= 0.3 is 0 Å². The molecule has 20 heavy (non-hydrogen) atoms. The lowest BCUT2D eigenvalue weighted by Crippen LogP contribution is -2.27. The maximum absolute atomic E-state index is 12.3. The van der Waals surface area contributed by atoms with Crippen molar-refractivity contribution in [2.75, 3.05) is 0 Å². The van der Waals surface area contributed by atoms with Crippen LogP contribution in [0.5, 0.6) is 0 Å². The Hall–Kier alpha value is -1.32. The van der Waals surface area contributed by atoms with Crippen molar-refractivity contribution >= 4 is 33.4 Å². The first-order valence-electron chi connectivity index (χ1n) is 6.30. The standard InChI is InChI=1S/C16H15BrClNO/c1-10-6-7-13(17)9-15(10)16(20)19-11(2)12-4-3-5-14(18)8-12/h3-9,11H,1-2H3,(H,19,20). The zero-order chi connectivity index (χ0) is 14.7. The van der Waals surface area contributed by atoms with Crippen LogP contribution in [0.2, 0.25) is 5.02 Å². The molecule has 0 aliphatic carbocycles. The van der Waals surface area contributed by atoms with E-state index in [9.17, 15) is 4.79 Å². The van der Waals surface area contributed by atoms with Crippen molar-refractivity contribution in [2.45, 2.75) is 19.9 Å². The molecule has 104 valence electrons. The molecule has 4 heteroatoms. The van der Waals surface area contributed by atoms with Crippen LogP contribution < -0.4 is 5.32 Å². The highest BCUT2D eigenvalue weighted by Crippen LogP contribution is 2.20. The van der Waals surface area contributed by atoms with Crippen molar-refractivity contribution in [3.05, 3.63) is 68.7 Å². The van der Waals surface area contributed by atoms with Crippen molar-refractivity contribution in [1.29, 1.82) is 0 Å². The van der Waals surface area contributed by atoms with E-state index in [0.717, 1.165) is 15.6 Å². The van der Waals surface area contributed by atoms with Crippen LogP contribution in [0, 0.1) is 6.92 Å². The number of nitrogens with one attached hydrogen (secondary N) is 1. The molecular weight excluding hydrogens is 338 g/mol. The Labute approximate surface area is 132 Å². The van der Waals surface area contributed by atoms with E-state index < -0.39 is 0 Å². The predicted molar refractivity (Wildman–Crippen MR) is 86.2 cm³/mol. The summed E-state index contributed by atoms with van der Waals surface area (Å²) in [6.45, 7) is 3.86. The van der Waals surface area contributed by atoms with Gasteiger partial charge < -0.3 is 5.32 Å². The molecule has 2 aromatic rings. The number of carbonyl (C=O) groups excluding carboxylic acids is 1. The first kappa shape index (κ1) is 15.1. The molecule has 0 heterocycles. The lowest BCUT2D eigenvalue weighted by molar-refractivity contribution is 0.0939. The molecule has 1 amide bonds. The smallest absolute Gasteiger partial charge is 0.252 e. The topological polar surface area (TPSA) is 29.1 Å². The van der Waals surface area contributed by atoms with Gasteiger partial charge in [0.25, 0.3) is 5.91 Å². The Kier molecular flexibility index (Phi) is 4.84. The number of benzene rings is 2. The second-order valence-electron chi connectivity index (χ2n) is 4.71. The average molecular weight is 353 g/mol. The SMILES string of the molecule is Cc1ccc(Br)cc1C(=O)NC(C)c1cccc(Cl)c1. The van der Waals surface area contributed by atoms with Crippen LogP contribution in [-0.2, 0) is 0 Å². The molecule has 1 atom stereocenters. The quantitative estimate of drug-likeness (QED) is 0.836. The predicted octanol–water partition coefficient (Wildman–Crippen LogP) is 4.90. The molecule has 1 N–H and O–H groups in total. The lowest BCUT2D eigenvalue weighted by Gasteiger charge is -2.15. The van der Waals surface area contributed by atoms with Gasteiger partial charge in [0, 0.05) is 15.1 Å². The summed E-state index contributed by atoms with van der Waals surface area (Å²) < 4.78 is 0.892. The summed E-state index contributed by atoms with van der Waals surface area (Å²) >= 11 is 9.36. The Morgan fingerprint density at radius 1 is 1.25 bits per heavy atom. The maximum atomic E-state index is 12.3. The summed E-state index contributed by atoms with van der Waals surface area (Å²) in [6, 6.07) is 13.1. The molecule has 0 spiro atoms. The molecule has 0 saturated heterocycles. The van der Waals surface area contributed by atoms with Crippen molar-refractivity contribution in [2.24, 2.45) is 0 Å². The molecule has 2 nitrogen and oxygen atoms in total. The Morgan fingerprint density at radius 3 is 2.70 bits per heavy atom. The minimum Gasteiger partial charge on any atom is -0.346 e. The molecule has 1 unspecified atom stereocenters. The molecule has 0 aliphatic rings. The third kappa shape index (κ3) is 3.62.